The van der Waals surface area contributed by atoms with Crippen LogP contribution in [0.1, 0.15) is 31.4 Å². The fourth-order valence-electron chi connectivity index (χ4n) is 4.67. The zero-order chi connectivity index (χ0) is 23.2. The highest BCUT2D eigenvalue weighted by Gasteiger charge is 2.29. The van der Waals surface area contributed by atoms with Crippen LogP contribution in [0.4, 0.5) is 5.82 Å². The van der Waals surface area contributed by atoms with E-state index in [1.807, 2.05) is 12.3 Å². The molecule has 3 aromatic heterocycles. The van der Waals surface area contributed by atoms with Crippen molar-refractivity contribution >= 4 is 38.5 Å². The van der Waals surface area contributed by atoms with Crippen molar-refractivity contribution in [1.29, 1.82) is 0 Å². The Morgan fingerprint density at radius 1 is 1.15 bits per heavy atom. The molecule has 9 nitrogen and oxygen atoms in total. The zero-order valence-electron chi connectivity index (χ0n) is 18.7. The fraction of sp³-hybridized carbons (Fsp3) is 0.500. The second-order valence-corrected chi connectivity index (χ2v) is 11.1. The maximum absolute atomic E-state index is 12.0. The molecule has 33 heavy (non-hydrogen) atoms. The minimum Gasteiger partial charge on any atom is -0.377 e. The van der Waals surface area contributed by atoms with Crippen LogP contribution in [0.3, 0.4) is 0 Å². The third-order valence-electron chi connectivity index (χ3n) is 6.47. The van der Waals surface area contributed by atoms with E-state index in [9.17, 15) is 8.42 Å². The number of aromatic amines is 1. The first-order valence-corrected chi connectivity index (χ1v) is 13.3. The summed E-state index contributed by atoms with van der Waals surface area (Å²) in [7, 11) is -3.18. The zero-order valence-corrected chi connectivity index (χ0v) is 20.2. The summed E-state index contributed by atoms with van der Waals surface area (Å²) in [6.45, 7) is 5.16. The second-order valence-electron chi connectivity index (χ2n) is 8.76. The lowest BCUT2D eigenvalue weighted by molar-refractivity contribution is 0.0985. The number of hydrogen-bond donors (Lipinski definition) is 1. The molecule has 2 aliphatic heterocycles. The van der Waals surface area contributed by atoms with E-state index in [1.54, 1.807) is 10.4 Å². The van der Waals surface area contributed by atoms with E-state index in [-0.39, 0.29) is 12.0 Å². The summed E-state index contributed by atoms with van der Waals surface area (Å²) >= 11 is 6.31. The van der Waals surface area contributed by atoms with Gasteiger partial charge in [0, 0.05) is 54.5 Å². The second kappa shape index (κ2) is 8.83. The molecule has 1 atom stereocenters. The molecular formula is C22H27ClN6O3S. The highest BCUT2D eigenvalue weighted by molar-refractivity contribution is 7.88. The van der Waals surface area contributed by atoms with Crippen molar-refractivity contribution in [2.24, 2.45) is 0 Å². The van der Waals surface area contributed by atoms with Gasteiger partial charge in [0.15, 0.2) is 5.82 Å². The summed E-state index contributed by atoms with van der Waals surface area (Å²) in [6.07, 6.45) is 4.53. The molecule has 2 aliphatic rings. The van der Waals surface area contributed by atoms with Crippen molar-refractivity contribution in [3.63, 3.8) is 0 Å². The van der Waals surface area contributed by atoms with Crippen molar-refractivity contribution < 1.29 is 13.2 Å². The van der Waals surface area contributed by atoms with Gasteiger partial charge in [0.1, 0.15) is 16.6 Å². The SMILES string of the molecule is CC1COCCN1c1cc(C2CCN(S(C)(=O)=O)CC2)nc(-c2cc(Cl)nc3[nH]ccc23)n1. The number of piperidine rings is 1. The molecule has 0 amide bonds. The Morgan fingerprint density at radius 2 is 1.94 bits per heavy atom. The summed E-state index contributed by atoms with van der Waals surface area (Å²) in [5, 5.41) is 1.28. The van der Waals surface area contributed by atoms with E-state index < -0.39 is 10.0 Å². The Morgan fingerprint density at radius 3 is 2.67 bits per heavy atom. The van der Waals surface area contributed by atoms with Crippen molar-refractivity contribution in [2.75, 3.05) is 44.0 Å². The summed E-state index contributed by atoms with van der Waals surface area (Å²) in [4.78, 5) is 19.6. The molecule has 0 spiro atoms. The lowest BCUT2D eigenvalue weighted by atomic mass is 9.94. The Labute approximate surface area is 198 Å². The van der Waals surface area contributed by atoms with Gasteiger partial charge in [-0.1, -0.05) is 11.6 Å². The predicted molar refractivity (Wildman–Crippen MR) is 128 cm³/mol. The lowest BCUT2D eigenvalue weighted by Gasteiger charge is -2.35. The van der Waals surface area contributed by atoms with Crippen LogP contribution in [-0.4, -0.2) is 77.8 Å². The number of halogens is 1. The van der Waals surface area contributed by atoms with Gasteiger partial charge in [0.05, 0.1) is 25.5 Å². The van der Waals surface area contributed by atoms with Crippen LogP contribution in [-0.2, 0) is 14.8 Å². The highest BCUT2D eigenvalue weighted by atomic mass is 35.5. The minimum atomic E-state index is -3.18. The quantitative estimate of drug-likeness (QED) is 0.560. The van der Waals surface area contributed by atoms with Gasteiger partial charge in [-0.2, -0.15) is 0 Å². The van der Waals surface area contributed by atoms with Crippen molar-refractivity contribution in [1.82, 2.24) is 24.2 Å². The van der Waals surface area contributed by atoms with E-state index in [0.29, 0.717) is 42.9 Å². The molecule has 0 bridgehead atoms. The van der Waals surface area contributed by atoms with E-state index >= 15 is 0 Å². The monoisotopic (exact) mass is 490 g/mol. The van der Waals surface area contributed by atoms with Gasteiger partial charge in [-0.3, -0.25) is 0 Å². The smallest absolute Gasteiger partial charge is 0.211 e. The van der Waals surface area contributed by atoms with Crippen molar-refractivity contribution in [2.45, 2.75) is 31.7 Å². The summed E-state index contributed by atoms with van der Waals surface area (Å²) in [6, 6.07) is 6.00. The molecule has 0 saturated carbocycles. The molecule has 0 aliphatic carbocycles. The van der Waals surface area contributed by atoms with Crippen molar-refractivity contribution in [3.05, 3.63) is 35.2 Å². The van der Waals surface area contributed by atoms with Gasteiger partial charge in [-0.25, -0.2) is 27.7 Å². The van der Waals surface area contributed by atoms with Gasteiger partial charge in [-0.15, -0.1) is 0 Å². The number of pyridine rings is 1. The highest BCUT2D eigenvalue weighted by Crippen LogP contribution is 2.34. The molecule has 0 radical (unpaired) electrons. The molecule has 1 N–H and O–H groups in total. The molecule has 5 heterocycles. The molecule has 1 unspecified atom stereocenters. The van der Waals surface area contributed by atoms with E-state index in [4.69, 9.17) is 26.3 Å². The Kier molecular flexibility index (Phi) is 6.02. The average molecular weight is 491 g/mol. The van der Waals surface area contributed by atoms with Crippen LogP contribution >= 0.6 is 11.6 Å². The third-order valence-corrected chi connectivity index (χ3v) is 7.97. The molecule has 3 aromatic rings. The Balaban J connectivity index is 1.58. The molecule has 2 fully saturated rings. The maximum Gasteiger partial charge on any atom is 0.211 e. The topological polar surface area (TPSA) is 104 Å². The van der Waals surface area contributed by atoms with Crippen LogP contribution in [0.25, 0.3) is 22.4 Å². The number of ether oxygens (including phenoxy) is 1. The average Bonchev–Trinajstić information content (AvgIpc) is 3.26. The van der Waals surface area contributed by atoms with Crippen LogP contribution in [0.15, 0.2) is 24.4 Å². The van der Waals surface area contributed by atoms with Crippen LogP contribution < -0.4 is 4.90 Å². The van der Waals surface area contributed by atoms with E-state index in [2.05, 4.69) is 27.9 Å². The number of nitrogens with zero attached hydrogens (tertiary/aromatic N) is 5. The van der Waals surface area contributed by atoms with Crippen LogP contribution in [0, 0.1) is 0 Å². The fourth-order valence-corrected chi connectivity index (χ4v) is 5.74. The molecule has 11 heteroatoms. The standard InChI is InChI=1S/C22H27ClN6O3S/c1-14-13-32-10-9-29(14)20-12-18(15-4-7-28(8-5-15)33(2,30)31)25-22(27-20)17-11-19(23)26-21-16(17)3-6-24-21/h3,6,11-12,14-15H,4-5,7-10,13H2,1-2H3,(H,24,26). The van der Waals surface area contributed by atoms with Gasteiger partial charge in [0.25, 0.3) is 0 Å². The summed E-state index contributed by atoms with van der Waals surface area (Å²) in [5.74, 6) is 1.60. The van der Waals surface area contributed by atoms with Gasteiger partial charge in [-0.05, 0) is 31.9 Å². The third kappa shape index (κ3) is 4.57. The molecule has 176 valence electrons. The number of anilines is 1. The number of nitrogens with one attached hydrogen (secondary N) is 1. The summed E-state index contributed by atoms with van der Waals surface area (Å²) in [5.41, 5.74) is 2.44. The predicted octanol–water partition coefficient (Wildman–Crippen LogP) is 3.04. The van der Waals surface area contributed by atoms with E-state index in [0.717, 1.165) is 41.8 Å². The summed E-state index contributed by atoms with van der Waals surface area (Å²) < 4.78 is 31.1. The first-order chi connectivity index (χ1) is 15.8. The molecule has 5 rings (SSSR count). The first-order valence-electron chi connectivity index (χ1n) is 11.1. The Hall–Kier alpha value is -2.27. The number of H-pyrrole nitrogens is 1. The molecular weight excluding hydrogens is 464 g/mol. The largest absolute Gasteiger partial charge is 0.377 e. The number of sulfonamides is 1. The number of morpholine rings is 1. The van der Waals surface area contributed by atoms with Crippen molar-refractivity contribution in [3.8, 4) is 11.4 Å². The van der Waals surface area contributed by atoms with Crippen LogP contribution in [0.5, 0.6) is 0 Å². The number of hydrogen-bond acceptors (Lipinski definition) is 7. The number of fused-ring (bicyclic) bond motifs is 1. The normalized spacial score (nSPS) is 21.1. The number of aromatic nitrogens is 4. The molecule has 2 saturated heterocycles. The lowest BCUT2D eigenvalue weighted by Crippen LogP contribution is -2.44. The van der Waals surface area contributed by atoms with Gasteiger partial charge >= 0.3 is 0 Å². The number of rotatable bonds is 4. The van der Waals surface area contributed by atoms with Crippen LogP contribution in [0.2, 0.25) is 5.15 Å². The Bertz CT molecular complexity index is 1270. The molecule has 0 aromatic carbocycles. The van der Waals surface area contributed by atoms with Gasteiger partial charge < -0.3 is 14.6 Å². The first kappa shape index (κ1) is 22.5. The van der Waals surface area contributed by atoms with Gasteiger partial charge in [0.2, 0.25) is 10.0 Å². The maximum atomic E-state index is 12.0. The van der Waals surface area contributed by atoms with E-state index in [1.165, 1.54) is 6.26 Å². The minimum absolute atomic E-state index is 0.152.